The van der Waals surface area contributed by atoms with Crippen LogP contribution >= 0.6 is 11.8 Å². The Hall–Kier alpha value is -2.28. The Morgan fingerprint density at radius 1 is 1.35 bits per heavy atom. The average Bonchev–Trinajstić information content (AvgIpc) is 2.89. The third-order valence-corrected chi connectivity index (χ3v) is 6.21. The molecule has 138 valence electrons. The van der Waals surface area contributed by atoms with Crippen LogP contribution in [0.3, 0.4) is 0 Å². The van der Waals surface area contributed by atoms with E-state index >= 15 is 0 Å². The van der Waals surface area contributed by atoms with Gasteiger partial charge in [-0.15, -0.1) is 0 Å². The lowest BCUT2D eigenvalue weighted by Gasteiger charge is -2.34. The number of benzene rings is 1. The number of carbonyl (C=O) groups excluding carboxylic acids is 2. The highest BCUT2D eigenvalue weighted by atomic mass is 32.2. The van der Waals surface area contributed by atoms with E-state index in [-0.39, 0.29) is 11.8 Å². The van der Waals surface area contributed by atoms with Crippen LogP contribution in [0.1, 0.15) is 30.8 Å². The molecule has 3 rings (SSSR count). The summed E-state index contributed by atoms with van der Waals surface area (Å²) in [6.45, 7) is 8.92. The van der Waals surface area contributed by atoms with E-state index < -0.39 is 4.75 Å². The highest BCUT2D eigenvalue weighted by molar-refractivity contribution is 8.02. The minimum absolute atomic E-state index is 0.211. The maximum atomic E-state index is 13.2. The summed E-state index contributed by atoms with van der Waals surface area (Å²) in [5.41, 5.74) is 3.76. The first-order valence-corrected chi connectivity index (χ1v) is 9.47. The molecule has 1 aromatic heterocycles. The van der Waals surface area contributed by atoms with Gasteiger partial charge in [-0.05, 0) is 39.8 Å². The predicted molar refractivity (Wildman–Crippen MR) is 103 cm³/mol. The van der Waals surface area contributed by atoms with Gasteiger partial charge in [-0.25, -0.2) is 0 Å². The quantitative estimate of drug-likeness (QED) is 0.838. The predicted octanol–water partition coefficient (Wildman–Crippen LogP) is 2.98. The molecule has 2 aromatic rings. The van der Waals surface area contributed by atoms with Crippen molar-refractivity contribution in [3.63, 3.8) is 0 Å². The van der Waals surface area contributed by atoms with Crippen LogP contribution in [0.15, 0.2) is 29.2 Å². The normalized spacial score (nSPS) is 19.0. The zero-order valence-electron chi connectivity index (χ0n) is 15.8. The van der Waals surface area contributed by atoms with Gasteiger partial charge in [0.2, 0.25) is 11.8 Å². The first kappa shape index (κ1) is 18.5. The molecule has 0 fully saturated rings. The Morgan fingerprint density at radius 2 is 2.04 bits per heavy atom. The van der Waals surface area contributed by atoms with Crippen LogP contribution in [-0.4, -0.2) is 38.3 Å². The maximum absolute atomic E-state index is 13.2. The molecule has 0 saturated carbocycles. The van der Waals surface area contributed by atoms with Crippen LogP contribution in [0.2, 0.25) is 0 Å². The average molecular weight is 372 g/mol. The van der Waals surface area contributed by atoms with Crippen LogP contribution in [0.25, 0.3) is 0 Å². The summed E-state index contributed by atoms with van der Waals surface area (Å²) in [5, 5.41) is 7.37. The number of carbonyl (C=O) groups is 2. The van der Waals surface area contributed by atoms with Gasteiger partial charge in [-0.2, -0.15) is 5.10 Å². The molecular weight excluding hydrogens is 348 g/mol. The minimum Gasteiger partial charge on any atom is -0.340 e. The second-order valence-corrected chi connectivity index (χ2v) is 8.17. The Balaban J connectivity index is 1.84. The highest BCUT2D eigenvalue weighted by Gasteiger charge is 2.47. The van der Waals surface area contributed by atoms with E-state index in [0.717, 1.165) is 34.1 Å². The largest absolute Gasteiger partial charge is 0.340 e. The molecule has 0 aliphatic carbocycles. The molecule has 1 unspecified atom stereocenters. The molecule has 1 atom stereocenters. The third kappa shape index (κ3) is 3.00. The van der Waals surface area contributed by atoms with Crippen molar-refractivity contribution in [1.82, 2.24) is 14.7 Å². The molecule has 2 heterocycles. The van der Waals surface area contributed by atoms with Crippen LogP contribution < -0.4 is 5.32 Å². The summed E-state index contributed by atoms with van der Waals surface area (Å²) in [6, 6.07) is 7.54. The smallest absolute Gasteiger partial charge is 0.250 e. The van der Waals surface area contributed by atoms with Crippen molar-refractivity contribution in [3.05, 3.63) is 41.2 Å². The third-order valence-electron chi connectivity index (χ3n) is 4.86. The summed E-state index contributed by atoms with van der Waals surface area (Å²) >= 11 is 1.31. The number of nitrogens with one attached hydrogen (secondary N) is 1. The number of nitrogens with zero attached hydrogens (tertiary/aromatic N) is 3. The van der Waals surface area contributed by atoms with Gasteiger partial charge in [-0.1, -0.05) is 23.9 Å². The van der Waals surface area contributed by atoms with Crippen molar-refractivity contribution in [2.24, 2.45) is 0 Å². The summed E-state index contributed by atoms with van der Waals surface area (Å²) in [4.78, 5) is 28.4. The topological polar surface area (TPSA) is 67.2 Å². The monoisotopic (exact) mass is 372 g/mol. The SMILES string of the molecule is CCn1nc(C)c(CN(C)C(=O)C2(C)Sc3ccccc3NC2=O)c1C. The fourth-order valence-corrected chi connectivity index (χ4v) is 4.45. The van der Waals surface area contributed by atoms with E-state index in [4.69, 9.17) is 0 Å². The number of hydrogen-bond donors (Lipinski definition) is 1. The second-order valence-electron chi connectivity index (χ2n) is 6.71. The standard InChI is InChI=1S/C19H24N4O2S/c1-6-23-13(3)14(12(2)21-23)11-22(5)18(25)19(4)17(24)20-15-9-7-8-10-16(15)26-19/h7-10H,6,11H2,1-5H3,(H,20,24). The summed E-state index contributed by atoms with van der Waals surface area (Å²) in [5.74, 6) is -0.492. The van der Waals surface area contributed by atoms with Gasteiger partial charge in [0.15, 0.2) is 4.75 Å². The number of fused-ring (bicyclic) bond motifs is 1. The van der Waals surface area contributed by atoms with Crippen molar-refractivity contribution in [2.45, 2.75) is 50.4 Å². The molecule has 0 spiro atoms. The summed E-state index contributed by atoms with van der Waals surface area (Å²) < 4.78 is 0.745. The Labute approximate surface area is 157 Å². The van der Waals surface area contributed by atoms with Gasteiger partial charge in [0.25, 0.3) is 0 Å². The van der Waals surface area contributed by atoms with Gasteiger partial charge >= 0.3 is 0 Å². The Bertz CT molecular complexity index is 876. The van der Waals surface area contributed by atoms with Crippen LogP contribution in [-0.2, 0) is 22.7 Å². The van der Waals surface area contributed by atoms with E-state index in [0.29, 0.717) is 6.54 Å². The van der Waals surface area contributed by atoms with Crippen molar-refractivity contribution in [3.8, 4) is 0 Å². The molecule has 1 N–H and O–H groups in total. The molecule has 2 amide bonds. The van der Waals surface area contributed by atoms with Crippen molar-refractivity contribution >= 4 is 29.3 Å². The Morgan fingerprint density at radius 3 is 2.69 bits per heavy atom. The first-order valence-electron chi connectivity index (χ1n) is 8.65. The number of aromatic nitrogens is 2. The molecule has 26 heavy (non-hydrogen) atoms. The lowest BCUT2D eigenvalue weighted by molar-refractivity contribution is -0.137. The molecule has 0 bridgehead atoms. The Kier molecular flexibility index (Phi) is 4.84. The summed E-state index contributed by atoms with van der Waals surface area (Å²) in [7, 11) is 1.74. The van der Waals surface area contributed by atoms with Crippen LogP contribution in [0, 0.1) is 13.8 Å². The zero-order valence-corrected chi connectivity index (χ0v) is 16.6. The lowest BCUT2D eigenvalue weighted by atomic mass is 10.1. The van der Waals surface area contributed by atoms with E-state index in [2.05, 4.69) is 10.4 Å². The van der Waals surface area contributed by atoms with E-state index in [1.54, 1.807) is 18.9 Å². The van der Waals surface area contributed by atoms with Gasteiger partial charge < -0.3 is 10.2 Å². The zero-order chi connectivity index (χ0) is 19.1. The van der Waals surface area contributed by atoms with Gasteiger partial charge in [0, 0.05) is 36.3 Å². The molecule has 6 nitrogen and oxygen atoms in total. The molecule has 1 aliphatic heterocycles. The van der Waals surface area contributed by atoms with Gasteiger partial charge in [0.05, 0.1) is 11.4 Å². The fourth-order valence-electron chi connectivity index (χ4n) is 3.25. The molecule has 1 aliphatic rings. The maximum Gasteiger partial charge on any atom is 0.250 e. The van der Waals surface area contributed by atoms with Gasteiger partial charge in [-0.3, -0.25) is 14.3 Å². The van der Waals surface area contributed by atoms with E-state index in [1.807, 2.05) is 49.7 Å². The summed E-state index contributed by atoms with van der Waals surface area (Å²) in [6.07, 6.45) is 0. The highest BCUT2D eigenvalue weighted by Crippen LogP contribution is 2.43. The number of anilines is 1. The minimum atomic E-state index is -1.19. The lowest BCUT2D eigenvalue weighted by Crippen LogP contribution is -2.52. The number of rotatable bonds is 4. The number of aryl methyl sites for hydroxylation is 2. The number of para-hydroxylation sites is 1. The first-order chi connectivity index (χ1) is 12.3. The van der Waals surface area contributed by atoms with E-state index in [1.165, 1.54) is 11.8 Å². The van der Waals surface area contributed by atoms with E-state index in [9.17, 15) is 9.59 Å². The number of hydrogen-bond acceptors (Lipinski definition) is 4. The van der Waals surface area contributed by atoms with Crippen molar-refractivity contribution in [2.75, 3.05) is 12.4 Å². The van der Waals surface area contributed by atoms with Crippen molar-refractivity contribution < 1.29 is 9.59 Å². The van der Waals surface area contributed by atoms with Gasteiger partial charge in [0.1, 0.15) is 0 Å². The van der Waals surface area contributed by atoms with Crippen molar-refractivity contribution in [1.29, 1.82) is 0 Å². The molecule has 1 aromatic carbocycles. The molecule has 0 radical (unpaired) electrons. The molecule has 0 saturated heterocycles. The van der Waals surface area contributed by atoms with Crippen LogP contribution in [0.5, 0.6) is 0 Å². The second kappa shape index (κ2) is 6.79. The fraction of sp³-hybridized carbons (Fsp3) is 0.421. The number of thioether (sulfide) groups is 1. The van der Waals surface area contributed by atoms with Crippen LogP contribution in [0.4, 0.5) is 5.69 Å². The molecular formula is C19H24N4O2S. The molecule has 7 heteroatoms. The number of amides is 2.